The fraction of sp³-hybridized carbons (Fsp3) is 0.619. The Morgan fingerprint density at radius 1 is 1.34 bits per heavy atom. The van der Waals surface area contributed by atoms with Crippen molar-refractivity contribution in [3.8, 4) is 0 Å². The van der Waals surface area contributed by atoms with Crippen molar-refractivity contribution >= 4 is 17.6 Å². The number of benzene rings is 1. The molecule has 3 rings (SSSR count). The maximum absolute atomic E-state index is 14.6. The highest BCUT2D eigenvalue weighted by Gasteiger charge is 2.36. The molecular formula is C21H31FN4O3. The van der Waals surface area contributed by atoms with Gasteiger partial charge in [-0.25, -0.2) is 9.38 Å². The Hall–Kier alpha value is -2.35. The lowest BCUT2D eigenvalue weighted by molar-refractivity contribution is -0.145. The van der Waals surface area contributed by atoms with Crippen LogP contribution in [0.25, 0.3) is 0 Å². The second kappa shape index (κ2) is 9.91. The SMILES string of the molecule is CCNC(=NCc1ccc(N2CCOCC2)c(F)c1)N1CC(C)C(C(=O)OC)C1. The molecule has 2 atom stereocenters. The molecule has 2 fully saturated rings. The Kier molecular flexibility index (Phi) is 7.30. The molecule has 29 heavy (non-hydrogen) atoms. The number of carbonyl (C=O) groups is 1. The first-order valence-electron chi connectivity index (χ1n) is 10.3. The number of ether oxygens (including phenoxy) is 2. The predicted molar refractivity (Wildman–Crippen MR) is 110 cm³/mol. The van der Waals surface area contributed by atoms with Gasteiger partial charge in [-0.2, -0.15) is 0 Å². The molecule has 1 aromatic carbocycles. The number of anilines is 1. The molecular weight excluding hydrogens is 375 g/mol. The van der Waals surface area contributed by atoms with E-state index in [4.69, 9.17) is 9.47 Å². The van der Waals surface area contributed by atoms with E-state index < -0.39 is 0 Å². The summed E-state index contributed by atoms with van der Waals surface area (Å²) in [5, 5.41) is 3.28. The number of nitrogens with zero attached hydrogens (tertiary/aromatic N) is 3. The summed E-state index contributed by atoms with van der Waals surface area (Å²) in [4.78, 5) is 20.7. The number of hydrogen-bond donors (Lipinski definition) is 1. The number of guanidine groups is 1. The maximum atomic E-state index is 14.6. The van der Waals surface area contributed by atoms with E-state index >= 15 is 0 Å². The van der Waals surface area contributed by atoms with Crippen molar-refractivity contribution in [2.45, 2.75) is 20.4 Å². The van der Waals surface area contributed by atoms with Crippen LogP contribution in [0.2, 0.25) is 0 Å². The van der Waals surface area contributed by atoms with E-state index in [1.165, 1.54) is 7.11 Å². The summed E-state index contributed by atoms with van der Waals surface area (Å²) >= 11 is 0. The van der Waals surface area contributed by atoms with Crippen LogP contribution < -0.4 is 10.2 Å². The van der Waals surface area contributed by atoms with Crippen molar-refractivity contribution in [3.05, 3.63) is 29.6 Å². The fourth-order valence-corrected chi connectivity index (χ4v) is 3.90. The smallest absolute Gasteiger partial charge is 0.310 e. The zero-order valence-corrected chi connectivity index (χ0v) is 17.5. The number of hydrogen-bond acceptors (Lipinski definition) is 5. The van der Waals surface area contributed by atoms with Crippen LogP contribution in [0.1, 0.15) is 19.4 Å². The van der Waals surface area contributed by atoms with Crippen molar-refractivity contribution in [2.24, 2.45) is 16.8 Å². The van der Waals surface area contributed by atoms with Gasteiger partial charge in [-0.05, 0) is 30.5 Å². The Morgan fingerprint density at radius 2 is 2.10 bits per heavy atom. The highest BCUT2D eigenvalue weighted by atomic mass is 19.1. The zero-order chi connectivity index (χ0) is 20.8. The lowest BCUT2D eigenvalue weighted by Gasteiger charge is -2.29. The molecule has 1 aromatic rings. The molecule has 0 saturated carbocycles. The van der Waals surface area contributed by atoms with Gasteiger partial charge in [0.1, 0.15) is 5.82 Å². The summed E-state index contributed by atoms with van der Waals surface area (Å²) < 4.78 is 24.9. The van der Waals surface area contributed by atoms with Gasteiger partial charge in [-0.1, -0.05) is 13.0 Å². The molecule has 2 aliphatic rings. The van der Waals surface area contributed by atoms with Crippen molar-refractivity contribution < 1.29 is 18.7 Å². The highest BCUT2D eigenvalue weighted by molar-refractivity contribution is 5.82. The minimum absolute atomic E-state index is 0.158. The molecule has 0 radical (unpaired) electrons. The monoisotopic (exact) mass is 406 g/mol. The number of methoxy groups -OCH3 is 1. The van der Waals surface area contributed by atoms with E-state index in [9.17, 15) is 9.18 Å². The van der Waals surface area contributed by atoms with E-state index in [1.807, 2.05) is 30.9 Å². The van der Waals surface area contributed by atoms with Gasteiger partial charge in [0.2, 0.25) is 0 Å². The lowest BCUT2D eigenvalue weighted by Crippen LogP contribution is -2.40. The van der Waals surface area contributed by atoms with E-state index in [0.717, 1.165) is 24.6 Å². The summed E-state index contributed by atoms with van der Waals surface area (Å²) in [5.41, 5.74) is 1.42. The highest BCUT2D eigenvalue weighted by Crippen LogP contribution is 2.25. The topological polar surface area (TPSA) is 66.4 Å². The Bertz CT molecular complexity index is 737. The van der Waals surface area contributed by atoms with Gasteiger partial charge >= 0.3 is 5.97 Å². The van der Waals surface area contributed by atoms with E-state index in [0.29, 0.717) is 45.1 Å². The van der Waals surface area contributed by atoms with Crippen LogP contribution >= 0.6 is 0 Å². The third-order valence-electron chi connectivity index (χ3n) is 5.53. The first-order valence-corrected chi connectivity index (χ1v) is 10.3. The first-order chi connectivity index (χ1) is 14.0. The second-order valence-electron chi connectivity index (χ2n) is 7.57. The summed E-state index contributed by atoms with van der Waals surface area (Å²) in [6, 6.07) is 5.30. The van der Waals surface area contributed by atoms with E-state index in [2.05, 4.69) is 15.2 Å². The van der Waals surface area contributed by atoms with Gasteiger partial charge < -0.3 is 24.6 Å². The van der Waals surface area contributed by atoms with Gasteiger partial charge in [0, 0.05) is 32.7 Å². The molecule has 0 aromatic heterocycles. The second-order valence-corrected chi connectivity index (χ2v) is 7.57. The average Bonchev–Trinajstić information content (AvgIpc) is 3.12. The maximum Gasteiger partial charge on any atom is 0.310 e. The van der Waals surface area contributed by atoms with Crippen LogP contribution in [0.3, 0.4) is 0 Å². The summed E-state index contributed by atoms with van der Waals surface area (Å²) in [5.74, 6) is 0.357. The molecule has 0 amide bonds. The number of morpholine rings is 1. The van der Waals surface area contributed by atoms with Crippen LogP contribution in [0.5, 0.6) is 0 Å². The molecule has 2 aliphatic heterocycles. The number of nitrogens with one attached hydrogen (secondary N) is 1. The number of carbonyl (C=O) groups excluding carboxylic acids is 1. The number of rotatable bonds is 5. The quantitative estimate of drug-likeness (QED) is 0.458. The third-order valence-corrected chi connectivity index (χ3v) is 5.53. The van der Waals surface area contributed by atoms with Gasteiger partial charge in [-0.3, -0.25) is 4.79 Å². The van der Waals surface area contributed by atoms with Crippen molar-refractivity contribution in [3.63, 3.8) is 0 Å². The number of halogens is 1. The minimum atomic E-state index is -0.231. The zero-order valence-electron chi connectivity index (χ0n) is 17.5. The fourth-order valence-electron chi connectivity index (χ4n) is 3.90. The van der Waals surface area contributed by atoms with Gasteiger partial charge in [-0.15, -0.1) is 0 Å². The van der Waals surface area contributed by atoms with Crippen LogP contribution in [0.15, 0.2) is 23.2 Å². The molecule has 0 bridgehead atoms. The van der Waals surface area contributed by atoms with Crippen LogP contribution in [0, 0.1) is 17.7 Å². The summed E-state index contributed by atoms with van der Waals surface area (Å²) in [7, 11) is 1.42. The number of likely N-dealkylation sites (tertiary alicyclic amines) is 1. The van der Waals surface area contributed by atoms with Gasteiger partial charge in [0.05, 0.1) is 38.5 Å². The molecule has 1 N–H and O–H groups in total. The number of aliphatic imine (C=N–C) groups is 1. The van der Waals surface area contributed by atoms with E-state index in [1.54, 1.807) is 6.07 Å². The van der Waals surface area contributed by atoms with Crippen molar-refractivity contribution in [1.82, 2.24) is 10.2 Å². The summed E-state index contributed by atoms with van der Waals surface area (Å²) in [6.07, 6.45) is 0. The lowest BCUT2D eigenvalue weighted by atomic mass is 9.99. The molecule has 2 heterocycles. The van der Waals surface area contributed by atoms with Crippen LogP contribution in [-0.4, -0.2) is 69.9 Å². The normalized spacial score (nSPS) is 22.7. The standard InChI is InChI=1S/C21H31FN4O3/c1-4-23-21(26-13-15(2)17(14-26)20(27)28-3)24-12-16-5-6-19(18(22)11-16)25-7-9-29-10-8-25/h5-6,11,15,17H,4,7-10,12-14H2,1-3H3,(H,23,24). The molecule has 2 saturated heterocycles. The summed E-state index contributed by atoms with van der Waals surface area (Å²) in [6.45, 7) is 9.10. The minimum Gasteiger partial charge on any atom is -0.469 e. The molecule has 2 unspecified atom stereocenters. The third kappa shape index (κ3) is 5.18. The predicted octanol–water partition coefficient (Wildman–Crippen LogP) is 1.87. The van der Waals surface area contributed by atoms with Crippen LogP contribution in [0.4, 0.5) is 10.1 Å². The molecule has 0 aliphatic carbocycles. The molecule has 8 heteroatoms. The largest absolute Gasteiger partial charge is 0.469 e. The average molecular weight is 407 g/mol. The first kappa shape index (κ1) is 21.4. The Balaban J connectivity index is 1.68. The van der Waals surface area contributed by atoms with Crippen molar-refractivity contribution in [1.29, 1.82) is 0 Å². The number of esters is 1. The van der Waals surface area contributed by atoms with Crippen molar-refractivity contribution in [2.75, 3.05) is 57.9 Å². The van der Waals surface area contributed by atoms with Gasteiger partial charge in [0.15, 0.2) is 5.96 Å². The Morgan fingerprint density at radius 3 is 2.76 bits per heavy atom. The molecule has 160 valence electrons. The molecule has 0 spiro atoms. The van der Waals surface area contributed by atoms with Gasteiger partial charge in [0.25, 0.3) is 0 Å². The molecule has 7 nitrogen and oxygen atoms in total. The van der Waals surface area contributed by atoms with E-state index in [-0.39, 0.29) is 23.6 Å². The Labute approximate surface area is 171 Å². The van der Waals surface area contributed by atoms with Crippen LogP contribution in [-0.2, 0) is 20.8 Å².